The monoisotopic (exact) mass is 196 g/mol. The van der Waals surface area contributed by atoms with Crippen LogP contribution in [-0.2, 0) is 0 Å². The van der Waals surface area contributed by atoms with E-state index >= 15 is 0 Å². The van der Waals surface area contributed by atoms with E-state index in [0.29, 0.717) is 0 Å². The molecule has 0 amide bonds. The largest absolute Gasteiger partial charge is 0.306 e. The number of rotatable bonds is 1. The molecule has 0 N–H and O–H groups in total. The molecule has 2 heteroatoms. The van der Waals surface area contributed by atoms with Gasteiger partial charge >= 0.3 is 0 Å². The Bertz CT molecular complexity index is 173. The minimum atomic E-state index is 0.900. The number of nitrogens with zero attached hydrogens (tertiary/aromatic N) is 2. The Hall–Kier alpha value is -0.0800. The zero-order valence-corrected chi connectivity index (χ0v) is 9.71. The summed E-state index contributed by atoms with van der Waals surface area (Å²) < 4.78 is 0. The van der Waals surface area contributed by atoms with Crippen LogP contribution in [0.2, 0.25) is 0 Å². The van der Waals surface area contributed by atoms with Crippen LogP contribution in [0.5, 0.6) is 0 Å². The van der Waals surface area contributed by atoms with Crippen LogP contribution in [-0.4, -0.2) is 49.6 Å². The number of likely N-dealkylation sites (tertiary alicyclic amines) is 2. The normalized spacial score (nSPS) is 33.4. The Labute approximate surface area is 88.3 Å². The summed E-state index contributed by atoms with van der Waals surface area (Å²) in [5, 5.41) is 0. The lowest BCUT2D eigenvalue weighted by molar-refractivity contribution is 0.0862. The topological polar surface area (TPSA) is 6.48 Å². The fraction of sp³-hybridized carbons (Fsp3) is 1.00. The van der Waals surface area contributed by atoms with Crippen molar-refractivity contribution in [2.24, 2.45) is 5.92 Å². The first-order valence-corrected chi connectivity index (χ1v) is 6.16. The van der Waals surface area contributed by atoms with Crippen LogP contribution in [0.15, 0.2) is 0 Å². The van der Waals surface area contributed by atoms with E-state index in [9.17, 15) is 0 Å². The van der Waals surface area contributed by atoms with E-state index in [1.165, 1.54) is 51.7 Å². The summed E-state index contributed by atoms with van der Waals surface area (Å²) in [5.74, 6) is 0.983. The van der Waals surface area contributed by atoms with Gasteiger partial charge < -0.3 is 9.80 Å². The van der Waals surface area contributed by atoms with E-state index in [1.54, 1.807) is 0 Å². The highest BCUT2D eigenvalue weighted by molar-refractivity contribution is 4.84. The molecule has 14 heavy (non-hydrogen) atoms. The summed E-state index contributed by atoms with van der Waals surface area (Å²) in [6.07, 6.45) is 7.17. The second-order valence-electron chi connectivity index (χ2n) is 5.18. The minimum absolute atomic E-state index is 0.900. The van der Waals surface area contributed by atoms with Crippen LogP contribution in [0.3, 0.4) is 0 Å². The van der Waals surface area contributed by atoms with Gasteiger partial charge in [-0.05, 0) is 65.3 Å². The molecule has 0 saturated carbocycles. The van der Waals surface area contributed by atoms with Gasteiger partial charge in [0.2, 0.25) is 0 Å². The molecule has 0 radical (unpaired) electrons. The maximum absolute atomic E-state index is 2.61. The van der Waals surface area contributed by atoms with Crippen LogP contribution >= 0.6 is 0 Å². The maximum atomic E-state index is 2.61. The van der Waals surface area contributed by atoms with Crippen molar-refractivity contribution in [1.82, 2.24) is 9.80 Å². The predicted octanol–water partition coefficient (Wildman–Crippen LogP) is 1.81. The summed E-state index contributed by atoms with van der Waals surface area (Å²) in [4.78, 5) is 5.08. The van der Waals surface area contributed by atoms with Crippen LogP contribution in [0.25, 0.3) is 0 Å². The van der Waals surface area contributed by atoms with Gasteiger partial charge in [-0.1, -0.05) is 6.42 Å². The van der Waals surface area contributed by atoms with Crippen molar-refractivity contribution < 1.29 is 0 Å². The van der Waals surface area contributed by atoms with E-state index in [4.69, 9.17) is 0 Å². The van der Waals surface area contributed by atoms with Gasteiger partial charge in [-0.3, -0.25) is 0 Å². The summed E-state index contributed by atoms with van der Waals surface area (Å²) in [6, 6.07) is 0.900. The fourth-order valence-corrected chi connectivity index (χ4v) is 3.11. The molecule has 2 fully saturated rings. The summed E-state index contributed by atoms with van der Waals surface area (Å²) in [5.41, 5.74) is 0. The molecule has 2 nitrogen and oxygen atoms in total. The molecular formula is C12H24N2. The maximum Gasteiger partial charge on any atom is 0.0121 e. The highest BCUT2D eigenvalue weighted by Crippen LogP contribution is 2.28. The van der Waals surface area contributed by atoms with Gasteiger partial charge in [0, 0.05) is 6.04 Å². The number of hydrogen-bond acceptors (Lipinski definition) is 2. The molecule has 2 aliphatic rings. The zero-order chi connectivity index (χ0) is 9.97. The van der Waals surface area contributed by atoms with Gasteiger partial charge in [0.25, 0.3) is 0 Å². The molecule has 0 spiro atoms. The average molecular weight is 196 g/mol. The standard InChI is InChI=1S/C12H24N2/c1-13-9-6-11(7-10-13)12-5-3-4-8-14(12)2/h11-12H,3-10H2,1-2H3. The second kappa shape index (κ2) is 4.63. The number of piperidine rings is 2. The van der Waals surface area contributed by atoms with Crippen molar-refractivity contribution in [3.8, 4) is 0 Å². The average Bonchev–Trinajstić information content (AvgIpc) is 2.20. The van der Waals surface area contributed by atoms with Gasteiger partial charge in [-0.25, -0.2) is 0 Å². The van der Waals surface area contributed by atoms with Gasteiger partial charge in [-0.15, -0.1) is 0 Å². The third kappa shape index (κ3) is 2.29. The summed E-state index contributed by atoms with van der Waals surface area (Å²) in [7, 11) is 4.57. The van der Waals surface area contributed by atoms with Crippen molar-refractivity contribution in [3.63, 3.8) is 0 Å². The molecular weight excluding hydrogens is 172 g/mol. The van der Waals surface area contributed by atoms with Crippen LogP contribution in [0, 0.1) is 5.92 Å². The Morgan fingerprint density at radius 2 is 1.57 bits per heavy atom. The molecule has 1 atom stereocenters. The van der Waals surface area contributed by atoms with Crippen molar-refractivity contribution in [2.45, 2.75) is 38.1 Å². The second-order valence-corrected chi connectivity index (χ2v) is 5.18. The molecule has 82 valence electrons. The van der Waals surface area contributed by atoms with Crippen LogP contribution in [0.1, 0.15) is 32.1 Å². The predicted molar refractivity (Wildman–Crippen MR) is 60.5 cm³/mol. The molecule has 2 heterocycles. The lowest BCUT2D eigenvalue weighted by Gasteiger charge is -2.41. The van der Waals surface area contributed by atoms with Crippen molar-refractivity contribution in [2.75, 3.05) is 33.7 Å². The van der Waals surface area contributed by atoms with Crippen LogP contribution < -0.4 is 0 Å². The smallest absolute Gasteiger partial charge is 0.0121 e. The van der Waals surface area contributed by atoms with E-state index in [2.05, 4.69) is 23.9 Å². The van der Waals surface area contributed by atoms with E-state index in [0.717, 1.165) is 12.0 Å². The number of hydrogen-bond donors (Lipinski definition) is 0. The minimum Gasteiger partial charge on any atom is -0.306 e. The van der Waals surface area contributed by atoms with Gasteiger partial charge in [0.05, 0.1) is 0 Å². The lowest BCUT2D eigenvalue weighted by atomic mass is 9.84. The fourth-order valence-electron chi connectivity index (χ4n) is 3.11. The Morgan fingerprint density at radius 3 is 2.21 bits per heavy atom. The summed E-state index contributed by atoms with van der Waals surface area (Å²) >= 11 is 0. The zero-order valence-electron chi connectivity index (χ0n) is 9.71. The molecule has 0 bridgehead atoms. The molecule has 2 saturated heterocycles. The molecule has 0 aromatic carbocycles. The Morgan fingerprint density at radius 1 is 0.857 bits per heavy atom. The van der Waals surface area contributed by atoms with E-state index < -0.39 is 0 Å². The van der Waals surface area contributed by atoms with Gasteiger partial charge in [0.1, 0.15) is 0 Å². The highest BCUT2D eigenvalue weighted by Gasteiger charge is 2.29. The SMILES string of the molecule is CN1CCC(C2CCCCN2C)CC1. The molecule has 0 aromatic rings. The highest BCUT2D eigenvalue weighted by atomic mass is 15.1. The van der Waals surface area contributed by atoms with Crippen LogP contribution in [0.4, 0.5) is 0 Å². The molecule has 2 aliphatic heterocycles. The Balaban J connectivity index is 1.87. The van der Waals surface area contributed by atoms with Crippen molar-refractivity contribution in [3.05, 3.63) is 0 Å². The first-order chi connectivity index (χ1) is 6.77. The first-order valence-electron chi connectivity index (χ1n) is 6.16. The third-order valence-corrected chi connectivity index (χ3v) is 4.13. The molecule has 0 aliphatic carbocycles. The van der Waals surface area contributed by atoms with Crippen molar-refractivity contribution >= 4 is 0 Å². The third-order valence-electron chi connectivity index (χ3n) is 4.13. The molecule has 2 rings (SSSR count). The van der Waals surface area contributed by atoms with Gasteiger partial charge in [-0.2, -0.15) is 0 Å². The Kier molecular flexibility index (Phi) is 3.45. The summed E-state index contributed by atoms with van der Waals surface area (Å²) in [6.45, 7) is 3.96. The van der Waals surface area contributed by atoms with E-state index in [1.807, 2.05) is 0 Å². The quantitative estimate of drug-likeness (QED) is 0.631. The van der Waals surface area contributed by atoms with Gasteiger partial charge in [0.15, 0.2) is 0 Å². The van der Waals surface area contributed by atoms with E-state index in [-0.39, 0.29) is 0 Å². The van der Waals surface area contributed by atoms with Crippen molar-refractivity contribution in [1.29, 1.82) is 0 Å². The lowest BCUT2D eigenvalue weighted by Crippen LogP contribution is -2.45. The first kappa shape index (κ1) is 10.4. The molecule has 0 aromatic heterocycles. The molecule has 1 unspecified atom stereocenters.